The van der Waals surface area contributed by atoms with Gasteiger partial charge in [0.1, 0.15) is 0 Å². The van der Waals surface area contributed by atoms with Crippen LogP contribution in [0.3, 0.4) is 0 Å². The van der Waals surface area contributed by atoms with Crippen LogP contribution in [0.4, 0.5) is 5.69 Å². The summed E-state index contributed by atoms with van der Waals surface area (Å²) in [6.07, 6.45) is 0.764. The van der Waals surface area contributed by atoms with Crippen molar-refractivity contribution in [1.82, 2.24) is 10.2 Å². The van der Waals surface area contributed by atoms with Gasteiger partial charge in [-0.3, -0.25) is 14.5 Å². The van der Waals surface area contributed by atoms with E-state index in [1.165, 1.54) is 5.56 Å². The summed E-state index contributed by atoms with van der Waals surface area (Å²) in [5, 5.41) is 6.11. The zero-order valence-corrected chi connectivity index (χ0v) is 16.9. The number of nitrogens with zero attached hydrogens (tertiary/aromatic N) is 1. The molecule has 0 aromatic heterocycles. The van der Waals surface area contributed by atoms with Crippen molar-refractivity contribution < 1.29 is 9.59 Å². The second kappa shape index (κ2) is 9.02. The predicted octanol–water partition coefficient (Wildman–Crippen LogP) is 3.10. The van der Waals surface area contributed by atoms with Crippen LogP contribution in [0, 0.1) is 6.92 Å². The molecular weight excluding hydrogens is 350 g/mol. The van der Waals surface area contributed by atoms with Crippen molar-refractivity contribution in [3.8, 4) is 0 Å². The molecule has 1 heterocycles. The van der Waals surface area contributed by atoms with Gasteiger partial charge < -0.3 is 10.6 Å². The Hall–Kier alpha value is -2.66. The van der Waals surface area contributed by atoms with E-state index in [9.17, 15) is 9.59 Å². The van der Waals surface area contributed by atoms with E-state index in [1.807, 2.05) is 42.2 Å². The van der Waals surface area contributed by atoms with Gasteiger partial charge in [0.25, 0.3) is 0 Å². The minimum atomic E-state index is -0.0793. The highest BCUT2D eigenvalue weighted by molar-refractivity contribution is 5.94. The third kappa shape index (κ3) is 5.20. The standard InChI is InChI=1S/C23H29N3O2/c1-16(2)20-11-7-8-17(3)23(20)25-22(28)15-26-13-19(24-21(27)14-26)12-18-9-5-4-6-10-18/h4-11,16,19H,12-15H2,1-3H3,(H,24,27)(H,25,28)/t19-/m0/s1. The Morgan fingerprint density at radius 1 is 1.18 bits per heavy atom. The number of piperazine rings is 1. The van der Waals surface area contributed by atoms with Crippen LogP contribution in [0.15, 0.2) is 48.5 Å². The predicted molar refractivity (Wildman–Crippen MR) is 112 cm³/mol. The topological polar surface area (TPSA) is 61.4 Å². The number of carbonyl (C=O) groups excluding carboxylic acids is 2. The number of hydrogen-bond acceptors (Lipinski definition) is 3. The Bertz CT molecular complexity index is 833. The van der Waals surface area contributed by atoms with Gasteiger partial charge in [0.15, 0.2) is 0 Å². The first kappa shape index (κ1) is 20.1. The molecule has 5 nitrogen and oxygen atoms in total. The van der Waals surface area contributed by atoms with Crippen LogP contribution in [0.1, 0.15) is 36.5 Å². The SMILES string of the molecule is Cc1cccc(C(C)C)c1NC(=O)CN1CC(=O)N[C@@H](Cc2ccccc2)C1. The highest BCUT2D eigenvalue weighted by atomic mass is 16.2. The van der Waals surface area contributed by atoms with Crippen LogP contribution in [0.25, 0.3) is 0 Å². The Labute approximate surface area is 167 Å². The monoisotopic (exact) mass is 379 g/mol. The second-order valence-electron chi connectivity index (χ2n) is 7.87. The van der Waals surface area contributed by atoms with Gasteiger partial charge >= 0.3 is 0 Å². The molecule has 3 rings (SSSR count). The first-order valence-electron chi connectivity index (χ1n) is 9.87. The lowest BCUT2D eigenvalue weighted by atomic mass is 9.98. The van der Waals surface area contributed by atoms with Crippen LogP contribution >= 0.6 is 0 Å². The maximum atomic E-state index is 12.7. The van der Waals surface area contributed by atoms with Crippen molar-refractivity contribution in [2.24, 2.45) is 0 Å². The van der Waals surface area contributed by atoms with Crippen molar-refractivity contribution in [2.75, 3.05) is 25.0 Å². The molecule has 0 radical (unpaired) electrons. The van der Waals surface area contributed by atoms with Crippen molar-refractivity contribution >= 4 is 17.5 Å². The first-order valence-corrected chi connectivity index (χ1v) is 9.87. The fraction of sp³-hybridized carbons (Fsp3) is 0.391. The summed E-state index contributed by atoms with van der Waals surface area (Å²) in [6.45, 7) is 7.37. The van der Waals surface area contributed by atoms with E-state index in [-0.39, 0.29) is 30.9 Å². The number of aryl methyl sites for hydroxylation is 1. The molecule has 2 amide bonds. The summed E-state index contributed by atoms with van der Waals surface area (Å²) in [6, 6.07) is 16.2. The van der Waals surface area contributed by atoms with Crippen LogP contribution in [-0.2, 0) is 16.0 Å². The lowest BCUT2D eigenvalue weighted by Crippen LogP contribution is -2.56. The van der Waals surface area contributed by atoms with Crippen LogP contribution < -0.4 is 10.6 Å². The summed E-state index contributed by atoms with van der Waals surface area (Å²) in [5.74, 6) is 0.217. The van der Waals surface area contributed by atoms with Gasteiger partial charge in [-0.2, -0.15) is 0 Å². The zero-order chi connectivity index (χ0) is 20.1. The summed E-state index contributed by atoms with van der Waals surface area (Å²) in [7, 11) is 0. The fourth-order valence-corrected chi connectivity index (χ4v) is 3.76. The first-order chi connectivity index (χ1) is 13.4. The summed E-state index contributed by atoms with van der Waals surface area (Å²) >= 11 is 0. The lowest BCUT2D eigenvalue weighted by Gasteiger charge is -2.32. The molecule has 0 aliphatic carbocycles. The van der Waals surface area contributed by atoms with Crippen LogP contribution in [0.5, 0.6) is 0 Å². The maximum absolute atomic E-state index is 12.7. The molecule has 28 heavy (non-hydrogen) atoms. The average Bonchev–Trinajstić information content (AvgIpc) is 2.63. The lowest BCUT2D eigenvalue weighted by molar-refractivity contribution is -0.126. The number of rotatable bonds is 6. The number of para-hydroxylation sites is 1. The van der Waals surface area contributed by atoms with Gasteiger partial charge in [0, 0.05) is 18.3 Å². The molecule has 1 aliphatic heterocycles. The number of nitrogens with one attached hydrogen (secondary N) is 2. The van der Waals surface area contributed by atoms with Gasteiger partial charge in [0.2, 0.25) is 11.8 Å². The molecule has 0 bridgehead atoms. The highest BCUT2D eigenvalue weighted by Crippen LogP contribution is 2.27. The Morgan fingerprint density at radius 2 is 1.93 bits per heavy atom. The van der Waals surface area contributed by atoms with Gasteiger partial charge in [-0.25, -0.2) is 0 Å². The molecule has 2 aromatic rings. The molecule has 1 aliphatic rings. The molecule has 0 saturated carbocycles. The normalized spacial score (nSPS) is 17.4. The van der Waals surface area contributed by atoms with Gasteiger partial charge in [-0.05, 0) is 36.0 Å². The molecule has 2 aromatic carbocycles. The Balaban J connectivity index is 1.63. The van der Waals surface area contributed by atoms with E-state index in [1.54, 1.807) is 0 Å². The zero-order valence-electron chi connectivity index (χ0n) is 16.9. The molecule has 2 N–H and O–H groups in total. The minimum absolute atomic E-state index is 0.0149. The minimum Gasteiger partial charge on any atom is -0.351 e. The molecule has 0 spiro atoms. The Kier molecular flexibility index (Phi) is 6.47. The molecule has 0 unspecified atom stereocenters. The number of benzene rings is 2. The molecule has 1 atom stereocenters. The number of anilines is 1. The van der Waals surface area contributed by atoms with Crippen molar-refractivity contribution in [3.63, 3.8) is 0 Å². The van der Waals surface area contributed by atoms with Gasteiger partial charge in [-0.15, -0.1) is 0 Å². The number of hydrogen-bond donors (Lipinski definition) is 2. The third-order valence-corrected chi connectivity index (χ3v) is 5.09. The van der Waals surface area contributed by atoms with Crippen molar-refractivity contribution in [3.05, 3.63) is 65.2 Å². The van der Waals surface area contributed by atoms with E-state index in [0.717, 1.165) is 23.2 Å². The summed E-state index contributed by atoms with van der Waals surface area (Å²) in [4.78, 5) is 26.7. The highest BCUT2D eigenvalue weighted by Gasteiger charge is 2.26. The summed E-state index contributed by atoms with van der Waals surface area (Å²) in [5.41, 5.74) is 4.26. The van der Waals surface area contributed by atoms with E-state index in [0.29, 0.717) is 12.5 Å². The largest absolute Gasteiger partial charge is 0.351 e. The van der Waals surface area contributed by atoms with E-state index in [4.69, 9.17) is 0 Å². The van der Waals surface area contributed by atoms with Crippen molar-refractivity contribution in [2.45, 2.75) is 39.2 Å². The summed E-state index contributed by atoms with van der Waals surface area (Å²) < 4.78 is 0. The molecule has 1 saturated heterocycles. The van der Waals surface area contributed by atoms with E-state index < -0.39 is 0 Å². The van der Waals surface area contributed by atoms with Gasteiger partial charge in [0.05, 0.1) is 13.1 Å². The van der Waals surface area contributed by atoms with Crippen molar-refractivity contribution in [1.29, 1.82) is 0 Å². The number of carbonyl (C=O) groups is 2. The van der Waals surface area contributed by atoms with Crippen LogP contribution in [-0.4, -0.2) is 42.4 Å². The molecule has 1 fully saturated rings. The fourth-order valence-electron chi connectivity index (χ4n) is 3.76. The molecule has 148 valence electrons. The quantitative estimate of drug-likeness (QED) is 0.811. The molecular formula is C23H29N3O2. The molecule has 5 heteroatoms. The number of amides is 2. The maximum Gasteiger partial charge on any atom is 0.238 e. The van der Waals surface area contributed by atoms with Crippen LogP contribution in [0.2, 0.25) is 0 Å². The third-order valence-electron chi connectivity index (χ3n) is 5.09. The van der Waals surface area contributed by atoms with E-state index in [2.05, 4.69) is 42.7 Å². The van der Waals surface area contributed by atoms with E-state index >= 15 is 0 Å². The Morgan fingerprint density at radius 3 is 2.64 bits per heavy atom. The van der Waals surface area contributed by atoms with Gasteiger partial charge in [-0.1, -0.05) is 62.4 Å². The smallest absolute Gasteiger partial charge is 0.238 e. The second-order valence-corrected chi connectivity index (χ2v) is 7.87. The average molecular weight is 380 g/mol.